The second kappa shape index (κ2) is 4.37. The van der Waals surface area contributed by atoms with Crippen molar-refractivity contribution >= 4 is 0 Å². The van der Waals surface area contributed by atoms with E-state index in [4.69, 9.17) is 4.52 Å². The van der Waals surface area contributed by atoms with Gasteiger partial charge in [-0.05, 0) is 5.56 Å². The summed E-state index contributed by atoms with van der Waals surface area (Å²) < 4.78 is 7.03. The second-order valence-corrected chi connectivity index (χ2v) is 4.01. The fraction of sp³-hybridized carbons (Fsp3) is 0.0769. The highest BCUT2D eigenvalue weighted by molar-refractivity contribution is 5.56. The van der Waals surface area contributed by atoms with Gasteiger partial charge in [-0.2, -0.15) is 5.16 Å². The van der Waals surface area contributed by atoms with Gasteiger partial charge in [-0.15, -0.1) is 0 Å². The number of nitrogens with zero attached hydrogens (tertiary/aromatic N) is 2. The lowest BCUT2D eigenvalue weighted by molar-refractivity contribution is 0.426. The first-order chi connectivity index (χ1) is 8.81. The molecule has 0 amide bonds. The van der Waals surface area contributed by atoms with Crippen molar-refractivity contribution < 1.29 is 4.52 Å². The number of benzene rings is 1. The molecule has 0 saturated heterocycles. The number of nitrogens with one attached hydrogen (secondary N) is 1. The molecular formula is C13H11N3O2. The van der Waals surface area contributed by atoms with E-state index in [9.17, 15) is 4.79 Å². The fourth-order valence-corrected chi connectivity index (χ4v) is 1.79. The first kappa shape index (κ1) is 10.6. The summed E-state index contributed by atoms with van der Waals surface area (Å²) in [7, 11) is 0. The number of aromatic amines is 1. The highest BCUT2D eigenvalue weighted by Crippen LogP contribution is 2.17. The highest BCUT2D eigenvalue weighted by atomic mass is 16.5. The van der Waals surface area contributed by atoms with E-state index >= 15 is 0 Å². The minimum absolute atomic E-state index is 0.229. The second-order valence-electron chi connectivity index (χ2n) is 4.01. The molecule has 5 heteroatoms. The zero-order valence-electron chi connectivity index (χ0n) is 9.54. The lowest BCUT2D eigenvalue weighted by atomic mass is 10.1. The van der Waals surface area contributed by atoms with Crippen LogP contribution in [0.4, 0.5) is 0 Å². The van der Waals surface area contributed by atoms with Crippen LogP contribution in [-0.2, 0) is 6.54 Å². The lowest BCUT2D eigenvalue weighted by Crippen LogP contribution is -1.95. The van der Waals surface area contributed by atoms with Crippen LogP contribution in [0.5, 0.6) is 0 Å². The van der Waals surface area contributed by atoms with Crippen molar-refractivity contribution in [1.29, 1.82) is 0 Å². The topological polar surface area (TPSA) is 63.8 Å². The molecule has 0 aliphatic rings. The average Bonchev–Trinajstić information content (AvgIpc) is 3.02. The van der Waals surface area contributed by atoms with E-state index in [-0.39, 0.29) is 5.56 Å². The summed E-state index contributed by atoms with van der Waals surface area (Å²) in [5.74, 6) is 0.550. The van der Waals surface area contributed by atoms with Crippen molar-refractivity contribution in [2.24, 2.45) is 0 Å². The van der Waals surface area contributed by atoms with Gasteiger partial charge < -0.3 is 9.09 Å². The molecule has 90 valence electrons. The molecule has 0 spiro atoms. The number of imidazole rings is 1. The number of rotatable bonds is 3. The molecule has 0 radical (unpaired) electrons. The molecule has 0 unspecified atom stereocenters. The average molecular weight is 241 g/mol. The molecule has 0 saturated carbocycles. The number of hydrogen-bond donors (Lipinski definition) is 1. The van der Waals surface area contributed by atoms with Gasteiger partial charge in [-0.25, -0.2) is 4.98 Å². The fourth-order valence-electron chi connectivity index (χ4n) is 1.79. The maximum Gasteiger partial charge on any atom is 0.280 e. The molecular weight excluding hydrogens is 230 g/mol. The Labute approximate surface area is 103 Å². The highest BCUT2D eigenvalue weighted by Gasteiger charge is 2.03. The van der Waals surface area contributed by atoms with Gasteiger partial charge in [0.1, 0.15) is 0 Å². The van der Waals surface area contributed by atoms with Crippen LogP contribution in [0.1, 0.15) is 5.56 Å². The smallest absolute Gasteiger partial charge is 0.280 e. The molecule has 3 rings (SSSR count). The van der Waals surface area contributed by atoms with Gasteiger partial charge >= 0.3 is 0 Å². The Balaban J connectivity index is 1.83. The predicted octanol–water partition coefficient (Wildman–Crippen LogP) is 1.88. The van der Waals surface area contributed by atoms with Gasteiger partial charge in [-0.1, -0.05) is 24.3 Å². The standard InChI is InChI=1S/C13H11N3O2/c17-13-7-12(18-15-13)11-3-1-10(2-4-11)8-16-6-5-14-9-16/h1-7,9H,8H2,(H,15,17). The largest absolute Gasteiger partial charge is 0.378 e. The summed E-state index contributed by atoms with van der Waals surface area (Å²) in [4.78, 5) is 15.0. The number of H-pyrrole nitrogens is 1. The van der Waals surface area contributed by atoms with Crippen molar-refractivity contribution in [3.8, 4) is 11.3 Å². The first-order valence-corrected chi connectivity index (χ1v) is 5.55. The molecule has 2 heterocycles. The van der Waals surface area contributed by atoms with Gasteiger partial charge in [0, 0.05) is 24.5 Å². The summed E-state index contributed by atoms with van der Waals surface area (Å²) in [5, 5.41) is 2.28. The molecule has 0 bridgehead atoms. The van der Waals surface area contributed by atoms with Crippen LogP contribution in [0.2, 0.25) is 0 Å². The third-order valence-corrected chi connectivity index (χ3v) is 2.69. The van der Waals surface area contributed by atoms with Crippen LogP contribution in [-0.4, -0.2) is 14.7 Å². The zero-order chi connectivity index (χ0) is 12.4. The van der Waals surface area contributed by atoms with Gasteiger partial charge in [0.15, 0.2) is 5.76 Å². The Morgan fingerprint density at radius 1 is 1.28 bits per heavy atom. The van der Waals surface area contributed by atoms with Crippen LogP contribution >= 0.6 is 0 Å². The van der Waals surface area contributed by atoms with Crippen molar-refractivity contribution in [1.82, 2.24) is 14.7 Å². The van der Waals surface area contributed by atoms with E-state index in [0.717, 1.165) is 17.7 Å². The van der Waals surface area contributed by atoms with Gasteiger partial charge in [-0.3, -0.25) is 4.79 Å². The Kier molecular flexibility index (Phi) is 2.57. The minimum atomic E-state index is -0.229. The summed E-state index contributed by atoms with van der Waals surface area (Å²) in [6.07, 6.45) is 5.45. The summed E-state index contributed by atoms with van der Waals surface area (Å²) in [6.45, 7) is 0.775. The van der Waals surface area contributed by atoms with Crippen molar-refractivity contribution in [2.75, 3.05) is 0 Å². The van der Waals surface area contributed by atoms with Crippen molar-refractivity contribution in [2.45, 2.75) is 6.54 Å². The normalized spacial score (nSPS) is 10.7. The maximum absolute atomic E-state index is 11.0. The molecule has 0 fully saturated rings. The monoisotopic (exact) mass is 241 g/mol. The van der Waals surface area contributed by atoms with E-state index in [1.165, 1.54) is 6.07 Å². The number of hydrogen-bond acceptors (Lipinski definition) is 3. The molecule has 1 N–H and O–H groups in total. The molecule has 5 nitrogen and oxygen atoms in total. The van der Waals surface area contributed by atoms with E-state index in [0.29, 0.717) is 5.76 Å². The van der Waals surface area contributed by atoms with E-state index < -0.39 is 0 Å². The minimum Gasteiger partial charge on any atom is -0.378 e. The molecule has 0 aliphatic carbocycles. The molecule has 1 aromatic carbocycles. The Morgan fingerprint density at radius 2 is 2.11 bits per heavy atom. The summed E-state index contributed by atoms with van der Waals surface area (Å²) >= 11 is 0. The SMILES string of the molecule is O=c1cc(-c2ccc(Cn3ccnc3)cc2)o[nH]1. The Bertz CT molecular complexity index is 678. The van der Waals surface area contributed by atoms with Crippen molar-refractivity contribution in [3.63, 3.8) is 0 Å². The predicted molar refractivity (Wildman–Crippen MR) is 66.1 cm³/mol. The zero-order valence-corrected chi connectivity index (χ0v) is 9.54. The van der Waals surface area contributed by atoms with E-state index in [1.54, 1.807) is 12.5 Å². The molecule has 0 atom stereocenters. The molecule has 18 heavy (non-hydrogen) atoms. The van der Waals surface area contributed by atoms with Crippen LogP contribution in [0.25, 0.3) is 11.3 Å². The molecule has 2 aromatic heterocycles. The quantitative estimate of drug-likeness (QED) is 0.761. The van der Waals surface area contributed by atoms with Gasteiger partial charge in [0.05, 0.1) is 12.4 Å². The van der Waals surface area contributed by atoms with Crippen LogP contribution in [0.3, 0.4) is 0 Å². The van der Waals surface area contributed by atoms with E-state index in [2.05, 4.69) is 10.1 Å². The summed E-state index contributed by atoms with van der Waals surface area (Å²) in [6, 6.07) is 9.30. The van der Waals surface area contributed by atoms with Crippen LogP contribution in [0, 0.1) is 0 Å². The molecule has 3 aromatic rings. The van der Waals surface area contributed by atoms with Crippen LogP contribution in [0.15, 0.2) is 58.4 Å². The van der Waals surface area contributed by atoms with Crippen LogP contribution < -0.4 is 5.56 Å². The lowest BCUT2D eigenvalue weighted by Gasteiger charge is -2.03. The van der Waals surface area contributed by atoms with Crippen molar-refractivity contribution in [3.05, 3.63) is 65.0 Å². The third-order valence-electron chi connectivity index (χ3n) is 2.69. The first-order valence-electron chi connectivity index (χ1n) is 5.55. The van der Waals surface area contributed by atoms with E-state index in [1.807, 2.05) is 35.0 Å². The Hall–Kier alpha value is -2.56. The summed E-state index contributed by atoms with van der Waals surface area (Å²) in [5.41, 5.74) is 1.81. The number of aromatic nitrogens is 3. The van der Waals surface area contributed by atoms with Gasteiger partial charge in [0.2, 0.25) is 0 Å². The maximum atomic E-state index is 11.0. The Morgan fingerprint density at radius 3 is 2.72 bits per heavy atom. The molecule has 0 aliphatic heterocycles. The van der Waals surface area contributed by atoms with Gasteiger partial charge in [0.25, 0.3) is 5.56 Å². The third kappa shape index (κ3) is 2.10.